The Bertz CT molecular complexity index is 523. The molecule has 1 aromatic heterocycles. The van der Waals surface area contributed by atoms with Gasteiger partial charge in [0.25, 0.3) is 0 Å². The normalized spacial score (nSPS) is 10.2. The molecule has 2 aromatic rings. The monoisotopic (exact) mass is 250 g/mol. The van der Waals surface area contributed by atoms with E-state index < -0.39 is 0 Å². The second kappa shape index (κ2) is 5.01. The van der Waals surface area contributed by atoms with Gasteiger partial charge in [-0.2, -0.15) is 0 Å². The largest absolute Gasteiger partial charge is 0.465 e. The third kappa shape index (κ3) is 2.47. The molecule has 0 saturated carbocycles. The Balaban J connectivity index is 2.40. The van der Waals surface area contributed by atoms with E-state index >= 15 is 0 Å². The summed E-state index contributed by atoms with van der Waals surface area (Å²) in [7, 11) is 1.35. The highest BCUT2D eigenvalue weighted by Crippen LogP contribution is 2.21. The van der Waals surface area contributed by atoms with Gasteiger partial charge in [0.05, 0.1) is 25.5 Å². The number of rotatable bonds is 3. The number of hydrogen-bond donors (Lipinski definition) is 0. The van der Waals surface area contributed by atoms with Gasteiger partial charge in [-0.1, -0.05) is 17.7 Å². The van der Waals surface area contributed by atoms with Gasteiger partial charge in [0.1, 0.15) is 0 Å². The third-order valence-electron chi connectivity index (χ3n) is 2.42. The molecular weight excluding hydrogens is 240 g/mol. The van der Waals surface area contributed by atoms with E-state index in [4.69, 9.17) is 16.3 Å². The molecule has 0 aliphatic heterocycles. The summed E-state index contributed by atoms with van der Waals surface area (Å²) in [5.74, 6) is -0.386. The lowest BCUT2D eigenvalue weighted by atomic mass is 10.1. The van der Waals surface area contributed by atoms with Crippen LogP contribution in [0.2, 0.25) is 5.02 Å². The quantitative estimate of drug-likeness (QED) is 0.786. The second-order valence-corrected chi connectivity index (χ2v) is 3.90. The van der Waals surface area contributed by atoms with Gasteiger partial charge >= 0.3 is 5.97 Å². The topological polar surface area (TPSA) is 44.1 Å². The number of carbonyl (C=O) groups is 1. The fourth-order valence-corrected chi connectivity index (χ4v) is 1.82. The van der Waals surface area contributed by atoms with Crippen molar-refractivity contribution >= 4 is 17.6 Å². The molecule has 0 saturated heterocycles. The Labute approximate surface area is 104 Å². The van der Waals surface area contributed by atoms with Gasteiger partial charge in [-0.25, -0.2) is 9.78 Å². The zero-order valence-electron chi connectivity index (χ0n) is 9.26. The number of esters is 1. The van der Waals surface area contributed by atoms with E-state index in [2.05, 4.69) is 4.98 Å². The van der Waals surface area contributed by atoms with Crippen LogP contribution in [-0.4, -0.2) is 22.6 Å². The predicted molar refractivity (Wildman–Crippen MR) is 64.1 cm³/mol. The summed E-state index contributed by atoms with van der Waals surface area (Å²) < 4.78 is 6.57. The van der Waals surface area contributed by atoms with Crippen molar-refractivity contribution < 1.29 is 9.53 Å². The summed E-state index contributed by atoms with van der Waals surface area (Å²) >= 11 is 6.11. The van der Waals surface area contributed by atoms with Gasteiger partial charge in [0.15, 0.2) is 0 Å². The van der Waals surface area contributed by atoms with Crippen molar-refractivity contribution in [1.29, 1.82) is 0 Å². The number of halogens is 1. The summed E-state index contributed by atoms with van der Waals surface area (Å²) in [6.45, 7) is 0.490. The summed E-state index contributed by atoms with van der Waals surface area (Å²) in [6.07, 6.45) is 5.16. The number of benzene rings is 1. The molecule has 0 N–H and O–H groups in total. The van der Waals surface area contributed by atoms with Crippen LogP contribution in [-0.2, 0) is 11.3 Å². The van der Waals surface area contributed by atoms with E-state index in [1.165, 1.54) is 7.11 Å². The van der Waals surface area contributed by atoms with E-state index in [0.717, 1.165) is 5.56 Å². The van der Waals surface area contributed by atoms with Crippen LogP contribution < -0.4 is 0 Å². The van der Waals surface area contributed by atoms with Crippen LogP contribution in [0.4, 0.5) is 0 Å². The van der Waals surface area contributed by atoms with Gasteiger partial charge in [-0.15, -0.1) is 0 Å². The first kappa shape index (κ1) is 11.7. The molecular formula is C12H11ClN2O2. The maximum atomic E-state index is 11.6. The van der Waals surface area contributed by atoms with Crippen LogP contribution in [0.5, 0.6) is 0 Å². The van der Waals surface area contributed by atoms with Crippen LogP contribution in [0, 0.1) is 0 Å². The Hall–Kier alpha value is -1.81. The van der Waals surface area contributed by atoms with Gasteiger partial charge < -0.3 is 9.30 Å². The average Bonchev–Trinajstić information content (AvgIpc) is 2.83. The Morgan fingerprint density at radius 2 is 2.35 bits per heavy atom. The SMILES string of the molecule is COC(=O)c1cccc(Cl)c1Cn1ccnc1. The zero-order chi connectivity index (χ0) is 12.3. The van der Waals surface area contributed by atoms with Crippen molar-refractivity contribution in [2.75, 3.05) is 7.11 Å². The molecule has 4 nitrogen and oxygen atoms in total. The number of ether oxygens (including phenoxy) is 1. The van der Waals surface area contributed by atoms with E-state index in [1.54, 1.807) is 30.7 Å². The van der Waals surface area contributed by atoms with Gasteiger partial charge in [0, 0.05) is 23.0 Å². The standard InChI is InChI=1S/C12H11ClN2O2/c1-17-12(16)9-3-2-4-11(13)10(9)7-15-6-5-14-8-15/h2-6,8H,7H2,1H3. The maximum absolute atomic E-state index is 11.6. The van der Waals surface area contributed by atoms with Crippen LogP contribution in [0.1, 0.15) is 15.9 Å². The van der Waals surface area contributed by atoms with Crippen LogP contribution in [0.25, 0.3) is 0 Å². The van der Waals surface area contributed by atoms with Crippen LogP contribution >= 0.6 is 11.6 Å². The number of imidazole rings is 1. The molecule has 0 bridgehead atoms. The third-order valence-corrected chi connectivity index (χ3v) is 2.78. The fraction of sp³-hybridized carbons (Fsp3) is 0.167. The van der Waals surface area contributed by atoms with Crippen molar-refractivity contribution in [2.24, 2.45) is 0 Å². The number of hydrogen-bond acceptors (Lipinski definition) is 3. The highest BCUT2D eigenvalue weighted by atomic mass is 35.5. The molecule has 0 amide bonds. The minimum absolute atomic E-state index is 0.386. The molecule has 0 aliphatic rings. The molecule has 1 heterocycles. The molecule has 0 radical (unpaired) electrons. The smallest absolute Gasteiger partial charge is 0.338 e. The fourth-order valence-electron chi connectivity index (χ4n) is 1.58. The van der Waals surface area contributed by atoms with Crippen molar-refractivity contribution in [3.63, 3.8) is 0 Å². The van der Waals surface area contributed by atoms with Crippen LogP contribution in [0.3, 0.4) is 0 Å². The molecule has 0 unspecified atom stereocenters. The van der Waals surface area contributed by atoms with Crippen molar-refractivity contribution in [3.05, 3.63) is 53.1 Å². The second-order valence-electron chi connectivity index (χ2n) is 3.49. The first-order chi connectivity index (χ1) is 8.22. The predicted octanol–water partition coefficient (Wildman–Crippen LogP) is 2.37. The molecule has 0 spiro atoms. The minimum Gasteiger partial charge on any atom is -0.465 e. The van der Waals surface area contributed by atoms with E-state index in [9.17, 15) is 4.79 Å². The highest BCUT2D eigenvalue weighted by molar-refractivity contribution is 6.31. The molecule has 0 aliphatic carbocycles. The average molecular weight is 251 g/mol. The molecule has 5 heteroatoms. The highest BCUT2D eigenvalue weighted by Gasteiger charge is 2.14. The Kier molecular flexibility index (Phi) is 3.44. The van der Waals surface area contributed by atoms with Crippen molar-refractivity contribution in [1.82, 2.24) is 9.55 Å². The Morgan fingerprint density at radius 3 is 3.00 bits per heavy atom. The van der Waals surface area contributed by atoms with Gasteiger partial charge in [-0.05, 0) is 12.1 Å². The van der Waals surface area contributed by atoms with Crippen molar-refractivity contribution in [2.45, 2.75) is 6.54 Å². The molecule has 88 valence electrons. The lowest BCUT2D eigenvalue weighted by molar-refractivity contribution is 0.0599. The summed E-state index contributed by atoms with van der Waals surface area (Å²) in [6, 6.07) is 5.18. The first-order valence-corrected chi connectivity index (χ1v) is 5.41. The molecule has 0 atom stereocenters. The first-order valence-electron chi connectivity index (χ1n) is 5.04. The van der Waals surface area contributed by atoms with Gasteiger partial charge in [-0.3, -0.25) is 0 Å². The molecule has 17 heavy (non-hydrogen) atoms. The number of nitrogens with zero attached hydrogens (tertiary/aromatic N) is 2. The minimum atomic E-state index is -0.386. The molecule has 0 fully saturated rings. The molecule has 2 rings (SSSR count). The summed E-state index contributed by atoms with van der Waals surface area (Å²) in [4.78, 5) is 15.6. The summed E-state index contributed by atoms with van der Waals surface area (Å²) in [5, 5.41) is 0.543. The Morgan fingerprint density at radius 1 is 1.53 bits per heavy atom. The zero-order valence-corrected chi connectivity index (χ0v) is 10.0. The van der Waals surface area contributed by atoms with Crippen molar-refractivity contribution in [3.8, 4) is 0 Å². The van der Waals surface area contributed by atoms with Gasteiger partial charge in [0.2, 0.25) is 0 Å². The lowest BCUT2D eigenvalue weighted by Crippen LogP contribution is -2.09. The van der Waals surface area contributed by atoms with E-state index in [-0.39, 0.29) is 5.97 Å². The number of aromatic nitrogens is 2. The lowest BCUT2D eigenvalue weighted by Gasteiger charge is -2.10. The number of methoxy groups -OCH3 is 1. The maximum Gasteiger partial charge on any atom is 0.338 e. The van der Waals surface area contributed by atoms with E-state index in [1.807, 2.05) is 10.8 Å². The number of carbonyl (C=O) groups excluding carboxylic acids is 1. The molecule has 1 aromatic carbocycles. The summed E-state index contributed by atoms with van der Waals surface area (Å²) in [5.41, 5.74) is 1.22. The van der Waals surface area contributed by atoms with E-state index in [0.29, 0.717) is 17.1 Å². The van der Waals surface area contributed by atoms with Crippen LogP contribution in [0.15, 0.2) is 36.9 Å².